The second-order valence-electron chi connectivity index (χ2n) is 9.63. The van der Waals surface area contributed by atoms with Crippen molar-refractivity contribution in [2.45, 2.75) is 26.4 Å². The van der Waals surface area contributed by atoms with E-state index in [1.54, 1.807) is 19.1 Å². The maximum absolute atomic E-state index is 13.7. The van der Waals surface area contributed by atoms with Crippen LogP contribution in [-0.4, -0.2) is 31.8 Å². The molecule has 0 atom stereocenters. The number of anilines is 2. The molecule has 7 nitrogen and oxygen atoms in total. The van der Waals surface area contributed by atoms with Crippen LogP contribution in [0.25, 0.3) is 0 Å². The first-order valence-corrected chi connectivity index (χ1v) is 13.5. The maximum Gasteiger partial charge on any atom is 0.326 e. The van der Waals surface area contributed by atoms with Crippen molar-refractivity contribution in [3.63, 3.8) is 0 Å². The number of hydrogen-bond donors (Lipinski definition) is 0. The van der Waals surface area contributed by atoms with Crippen molar-refractivity contribution in [2.75, 3.05) is 29.7 Å². The lowest BCUT2D eigenvalue weighted by molar-refractivity contribution is -0.142. The number of halogens is 1. The number of ether oxygens (including phenoxy) is 3. The number of fused-ring (bicyclic) bond motifs is 1. The molecule has 8 heteroatoms. The molecule has 5 rings (SSSR count). The van der Waals surface area contributed by atoms with Crippen LogP contribution in [0.15, 0.2) is 97.1 Å². The minimum atomic E-state index is -0.468. The summed E-state index contributed by atoms with van der Waals surface area (Å²) in [6, 6.07) is 29.2. The van der Waals surface area contributed by atoms with E-state index in [0.717, 1.165) is 22.4 Å². The summed E-state index contributed by atoms with van der Waals surface area (Å²) in [5.41, 5.74) is 4.32. The molecule has 4 aromatic carbocycles. The van der Waals surface area contributed by atoms with Gasteiger partial charge in [-0.1, -0.05) is 48.5 Å². The second-order valence-corrected chi connectivity index (χ2v) is 9.63. The third-order valence-corrected chi connectivity index (χ3v) is 6.72. The summed E-state index contributed by atoms with van der Waals surface area (Å²) in [4.78, 5) is 29.2. The van der Waals surface area contributed by atoms with Crippen molar-refractivity contribution in [1.29, 1.82) is 0 Å². The van der Waals surface area contributed by atoms with Crippen molar-refractivity contribution in [3.05, 3.63) is 120 Å². The molecule has 1 aliphatic heterocycles. The van der Waals surface area contributed by atoms with Crippen LogP contribution in [0.4, 0.5) is 15.8 Å². The lowest BCUT2D eigenvalue weighted by atomic mass is 10.1. The highest BCUT2D eigenvalue weighted by molar-refractivity contribution is 5.98. The van der Waals surface area contributed by atoms with Crippen molar-refractivity contribution in [1.82, 2.24) is 0 Å². The average molecular weight is 555 g/mol. The third-order valence-electron chi connectivity index (χ3n) is 6.72. The second kappa shape index (κ2) is 13.0. The Hall–Kier alpha value is -4.85. The number of amides is 1. The molecule has 1 heterocycles. The molecular weight excluding hydrogens is 523 g/mol. The van der Waals surface area contributed by atoms with Crippen molar-refractivity contribution >= 4 is 23.3 Å². The first-order chi connectivity index (χ1) is 20.0. The molecule has 210 valence electrons. The zero-order valence-corrected chi connectivity index (χ0v) is 22.8. The summed E-state index contributed by atoms with van der Waals surface area (Å²) in [5.74, 6) is 0.444. The van der Waals surface area contributed by atoms with Crippen LogP contribution in [0, 0.1) is 5.82 Å². The molecule has 0 fully saturated rings. The predicted molar refractivity (Wildman–Crippen MR) is 154 cm³/mol. The summed E-state index contributed by atoms with van der Waals surface area (Å²) in [6.45, 7) is 3.07. The Morgan fingerprint density at radius 2 is 1.44 bits per heavy atom. The van der Waals surface area contributed by atoms with Gasteiger partial charge in [-0.3, -0.25) is 9.59 Å². The minimum Gasteiger partial charge on any atom is -0.465 e. The SMILES string of the molecule is CCOC(=O)CN(C(=O)Cc1ccccc1)c1ccc(CN(Cc2ccc3c(c2)OCO3)c2ccc(F)cc2)cc1. The van der Waals surface area contributed by atoms with Gasteiger partial charge in [0.1, 0.15) is 12.4 Å². The molecule has 0 radical (unpaired) electrons. The molecule has 0 saturated heterocycles. The van der Waals surface area contributed by atoms with E-state index in [2.05, 4.69) is 4.90 Å². The van der Waals surface area contributed by atoms with Crippen LogP contribution in [-0.2, 0) is 33.8 Å². The number of hydrogen-bond acceptors (Lipinski definition) is 6. The molecule has 41 heavy (non-hydrogen) atoms. The van der Waals surface area contributed by atoms with Gasteiger partial charge in [-0.05, 0) is 72.1 Å². The van der Waals surface area contributed by atoms with E-state index in [0.29, 0.717) is 30.3 Å². The van der Waals surface area contributed by atoms with Crippen LogP contribution in [0.2, 0.25) is 0 Å². The van der Waals surface area contributed by atoms with Crippen molar-refractivity contribution in [2.24, 2.45) is 0 Å². The van der Waals surface area contributed by atoms with E-state index in [4.69, 9.17) is 14.2 Å². The van der Waals surface area contributed by atoms with Gasteiger partial charge in [0, 0.05) is 24.5 Å². The van der Waals surface area contributed by atoms with Gasteiger partial charge in [0.25, 0.3) is 0 Å². The fourth-order valence-electron chi connectivity index (χ4n) is 4.68. The van der Waals surface area contributed by atoms with Gasteiger partial charge in [0.05, 0.1) is 13.0 Å². The molecule has 4 aromatic rings. The molecule has 1 aliphatic rings. The summed E-state index contributed by atoms with van der Waals surface area (Å²) >= 11 is 0. The Bertz CT molecular complexity index is 1480. The van der Waals surface area contributed by atoms with Crippen molar-refractivity contribution in [3.8, 4) is 11.5 Å². The first kappa shape index (κ1) is 27.7. The largest absolute Gasteiger partial charge is 0.465 e. The van der Waals surface area contributed by atoms with E-state index in [9.17, 15) is 14.0 Å². The summed E-state index contributed by atoms with van der Waals surface area (Å²) in [7, 11) is 0. The average Bonchev–Trinajstić information content (AvgIpc) is 3.45. The number of carbonyl (C=O) groups excluding carboxylic acids is 2. The van der Waals surface area contributed by atoms with Crippen molar-refractivity contribution < 1.29 is 28.2 Å². The van der Waals surface area contributed by atoms with E-state index in [1.165, 1.54) is 17.0 Å². The van der Waals surface area contributed by atoms with Crippen LogP contribution in [0.5, 0.6) is 11.5 Å². The normalized spacial score (nSPS) is 11.7. The Morgan fingerprint density at radius 1 is 0.780 bits per heavy atom. The van der Waals surface area contributed by atoms with Gasteiger partial charge >= 0.3 is 5.97 Å². The van der Waals surface area contributed by atoms with E-state index < -0.39 is 5.97 Å². The molecule has 0 unspecified atom stereocenters. The lowest BCUT2D eigenvalue weighted by Gasteiger charge is -2.26. The number of rotatable bonds is 11. The Morgan fingerprint density at radius 3 is 2.17 bits per heavy atom. The zero-order valence-electron chi connectivity index (χ0n) is 22.8. The Labute approximate surface area is 238 Å². The number of nitrogens with zero attached hydrogens (tertiary/aromatic N) is 2. The third kappa shape index (κ3) is 7.22. The zero-order chi connectivity index (χ0) is 28.6. The van der Waals surface area contributed by atoms with Crippen LogP contribution >= 0.6 is 0 Å². The van der Waals surface area contributed by atoms with Gasteiger partial charge in [-0.2, -0.15) is 0 Å². The number of esters is 1. The van der Waals surface area contributed by atoms with E-state index in [1.807, 2.05) is 72.8 Å². The fourth-order valence-corrected chi connectivity index (χ4v) is 4.68. The lowest BCUT2D eigenvalue weighted by Crippen LogP contribution is -2.37. The molecule has 0 aromatic heterocycles. The van der Waals surface area contributed by atoms with Gasteiger partial charge in [-0.15, -0.1) is 0 Å². The molecule has 1 amide bonds. The molecule has 0 bridgehead atoms. The minimum absolute atomic E-state index is 0.163. The van der Waals surface area contributed by atoms with Crippen LogP contribution in [0.1, 0.15) is 23.6 Å². The highest BCUT2D eigenvalue weighted by Crippen LogP contribution is 2.33. The summed E-state index contributed by atoms with van der Waals surface area (Å²) in [5, 5.41) is 0. The summed E-state index contributed by atoms with van der Waals surface area (Å²) < 4.78 is 29.8. The number of carbonyl (C=O) groups is 2. The monoisotopic (exact) mass is 554 g/mol. The van der Waals surface area contributed by atoms with E-state index >= 15 is 0 Å². The van der Waals surface area contributed by atoms with E-state index in [-0.39, 0.29) is 38.1 Å². The fraction of sp³-hybridized carbons (Fsp3) is 0.212. The van der Waals surface area contributed by atoms with Crippen LogP contribution < -0.4 is 19.3 Å². The highest BCUT2D eigenvalue weighted by Gasteiger charge is 2.21. The highest BCUT2D eigenvalue weighted by atomic mass is 19.1. The first-order valence-electron chi connectivity index (χ1n) is 13.5. The quantitative estimate of drug-likeness (QED) is 0.215. The molecule has 0 spiro atoms. The maximum atomic E-state index is 13.7. The molecule has 0 N–H and O–H groups in total. The van der Waals surface area contributed by atoms with Gasteiger partial charge in [0.15, 0.2) is 11.5 Å². The predicted octanol–water partition coefficient (Wildman–Crippen LogP) is 5.90. The topological polar surface area (TPSA) is 68.3 Å². The van der Waals surface area contributed by atoms with Crippen LogP contribution in [0.3, 0.4) is 0 Å². The molecule has 0 aliphatic carbocycles. The number of benzene rings is 4. The van der Waals surface area contributed by atoms with Gasteiger partial charge in [0.2, 0.25) is 12.7 Å². The molecular formula is C33H31FN2O5. The van der Waals surface area contributed by atoms with Gasteiger partial charge in [-0.25, -0.2) is 4.39 Å². The summed E-state index contributed by atoms with van der Waals surface area (Å²) in [6.07, 6.45) is 0.163. The Balaban J connectivity index is 1.36. The molecule has 0 saturated carbocycles. The smallest absolute Gasteiger partial charge is 0.326 e. The standard InChI is InChI=1S/C33H31FN2O5/c1-2-39-33(38)22-36(32(37)19-24-6-4-3-5-7-24)29-13-8-25(9-14-29)20-35(28-15-11-27(34)12-16-28)21-26-10-17-30-31(18-26)41-23-40-30/h3-18H,2,19-23H2,1H3. The van der Waals surface area contributed by atoms with Gasteiger partial charge < -0.3 is 24.0 Å². The Kier molecular flexibility index (Phi) is 8.79.